The van der Waals surface area contributed by atoms with Crippen LogP contribution in [0.15, 0.2) is 24.3 Å². The first-order valence-corrected chi connectivity index (χ1v) is 6.39. The molecule has 1 atom stereocenters. The van der Waals surface area contributed by atoms with Crippen molar-refractivity contribution < 1.29 is 4.74 Å². The van der Waals surface area contributed by atoms with Gasteiger partial charge < -0.3 is 15.0 Å². The molecule has 0 aliphatic carbocycles. The molecule has 3 nitrogen and oxygen atoms in total. The van der Waals surface area contributed by atoms with E-state index in [1.807, 2.05) is 0 Å². The van der Waals surface area contributed by atoms with Gasteiger partial charge in [-0.15, -0.1) is 0 Å². The highest BCUT2D eigenvalue weighted by atomic mass is 16.5. The number of methoxy groups -OCH3 is 1. The Hall–Kier alpha value is -1.06. The van der Waals surface area contributed by atoms with Crippen molar-refractivity contribution in [2.24, 2.45) is 0 Å². The van der Waals surface area contributed by atoms with E-state index in [1.165, 1.54) is 17.7 Å². The van der Waals surface area contributed by atoms with Gasteiger partial charge in [-0.25, -0.2) is 0 Å². The molecule has 1 saturated heterocycles. The highest BCUT2D eigenvalue weighted by Crippen LogP contribution is 2.21. The summed E-state index contributed by atoms with van der Waals surface area (Å²) in [5, 5.41) is 3.52. The van der Waals surface area contributed by atoms with Crippen molar-refractivity contribution in [3.05, 3.63) is 29.8 Å². The number of rotatable bonds is 5. The molecule has 0 amide bonds. The van der Waals surface area contributed by atoms with Gasteiger partial charge in [0.25, 0.3) is 0 Å². The minimum atomic E-state index is 0.645. The van der Waals surface area contributed by atoms with Crippen LogP contribution in [0.3, 0.4) is 0 Å². The quantitative estimate of drug-likeness (QED) is 0.843. The van der Waals surface area contributed by atoms with Crippen LogP contribution in [0.2, 0.25) is 0 Å². The largest absolute Gasteiger partial charge is 0.380 e. The standard InChI is InChI=1S/C14H22N2O/c1-3-15-13-7-8-16(10-13)14-6-4-5-12(9-14)11-17-2/h4-6,9,13,15H,3,7-8,10-11H2,1-2H3. The van der Waals surface area contributed by atoms with E-state index in [2.05, 4.69) is 41.4 Å². The molecule has 1 aromatic rings. The van der Waals surface area contributed by atoms with Crippen LogP contribution in [-0.4, -0.2) is 32.8 Å². The average Bonchev–Trinajstić information content (AvgIpc) is 2.79. The van der Waals surface area contributed by atoms with Crippen molar-refractivity contribution in [3.63, 3.8) is 0 Å². The van der Waals surface area contributed by atoms with Crippen molar-refractivity contribution in [3.8, 4) is 0 Å². The molecule has 1 aliphatic rings. The molecular formula is C14H22N2O. The van der Waals surface area contributed by atoms with Crippen molar-refractivity contribution in [1.82, 2.24) is 5.32 Å². The zero-order valence-corrected chi connectivity index (χ0v) is 10.8. The van der Waals surface area contributed by atoms with Crippen LogP contribution >= 0.6 is 0 Å². The number of ether oxygens (including phenoxy) is 1. The summed E-state index contributed by atoms with van der Waals surface area (Å²) in [5.74, 6) is 0. The second-order valence-corrected chi connectivity index (χ2v) is 4.59. The van der Waals surface area contributed by atoms with E-state index < -0.39 is 0 Å². The van der Waals surface area contributed by atoms with Gasteiger partial charge in [0.1, 0.15) is 0 Å². The van der Waals surface area contributed by atoms with Crippen molar-refractivity contribution in [1.29, 1.82) is 0 Å². The predicted molar refractivity (Wildman–Crippen MR) is 71.4 cm³/mol. The summed E-state index contributed by atoms with van der Waals surface area (Å²) < 4.78 is 5.17. The van der Waals surface area contributed by atoms with Gasteiger partial charge in [-0.05, 0) is 30.7 Å². The van der Waals surface area contributed by atoms with Crippen molar-refractivity contribution in [2.75, 3.05) is 31.6 Å². The highest BCUT2D eigenvalue weighted by molar-refractivity contribution is 5.49. The van der Waals surface area contributed by atoms with Gasteiger partial charge in [0.05, 0.1) is 6.61 Å². The molecule has 1 fully saturated rings. The minimum absolute atomic E-state index is 0.645. The maximum atomic E-state index is 5.17. The Balaban J connectivity index is 2.00. The predicted octanol–water partition coefficient (Wildman–Crippen LogP) is 2.02. The Morgan fingerprint density at radius 3 is 3.12 bits per heavy atom. The van der Waals surface area contributed by atoms with Crippen LogP contribution < -0.4 is 10.2 Å². The van der Waals surface area contributed by atoms with Gasteiger partial charge in [-0.2, -0.15) is 0 Å². The lowest BCUT2D eigenvalue weighted by molar-refractivity contribution is 0.185. The van der Waals surface area contributed by atoms with Gasteiger partial charge in [-0.1, -0.05) is 19.1 Å². The number of benzene rings is 1. The first kappa shape index (κ1) is 12.4. The third-order valence-corrected chi connectivity index (χ3v) is 3.27. The molecule has 1 N–H and O–H groups in total. The molecule has 17 heavy (non-hydrogen) atoms. The minimum Gasteiger partial charge on any atom is -0.380 e. The summed E-state index contributed by atoms with van der Waals surface area (Å²) in [4.78, 5) is 2.45. The second-order valence-electron chi connectivity index (χ2n) is 4.59. The zero-order chi connectivity index (χ0) is 12.1. The molecule has 0 spiro atoms. The molecule has 1 aromatic carbocycles. The van der Waals surface area contributed by atoms with Crippen LogP contribution in [0.5, 0.6) is 0 Å². The van der Waals surface area contributed by atoms with E-state index in [0.29, 0.717) is 12.6 Å². The topological polar surface area (TPSA) is 24.5 Å². The van der Waals surface area contributed by atoms with Gasteiger partial charge >= 0.3 is 0 Å². The highest BCUT2D eigenvalue weighted by Gasteiger charge is 2.21. The molecule has 94 valence electrons. The van der Waals surface area contributed by atoms with Crippen molar-refractivity contribution >= 4 is 5.69 Å². The third-order valence-electron chi connectivity index (χ3n) is 3.27. The van der Waals surface area contributed by atoms with E-state index in [1.54, 1.807) is 7.11 Å². The lowest BCUT2D eigenvalue weighted by Crippen LogP contribution is -2.32. The van der Waals surface area contributed by atoms with Gasteiger partial charge in [0.15, 0.2) is 0 Å². The van der Waals surface area contributed by atoms with E-state index >= 15 is 0 Å². The van der Waals surface area contributed by atoms with Crippen LogP contribution in [0.25, 0.3) is 0 Å². The Kier molecular flexibility index (Phi) is 4.40. The van der Waals surface area contributed by atoms with Gasteiger partial charge in [0, 0.05) is 31.9 Å². The van der Waals surface area contributed by atoms with E-state index in [4.69, 9.17) is 4.74 Å². The molecule has 0 radical (unpaired) electrons. The molecule has 1 heterocycles. The van der Waals surface area contributed by atoms with Gasteiger partial charge in [0.2, 0.25) is 0 Å². The molecule has 2 rings (SSSR count). The van der Waals surface area contributed by atoms with E-state index in [9.17, 15) is 0 Å². The fraction of sp³-hybridized carbons (Fsp3) is 0.571. The average molecular weight is 234 g/mol. The SMILES string of the molecule is CCNC1CCN(c2cccc(COC)c2)C1. The maximum absolute atomic E-state index is 5.17. The number of likely N-dealkylation sites (N-methyl/N-ethyl adjacent to an activating group) is 1. The lowest BCUT2D eigenvalue weighted by atomic mass is 10.2. The second kappa shape index (κ2) is 6.03. The lowest BCUT2D eigenvalue weighted by Gasteiger charge is -2.19. The Morgan fingerprint density at radius 1 is 1.47 bits per heavy atom. The van der Waals surface area contributed by atoms with E-state index in [-0.39, 0.29) is 0 Å². The molecule has 3 heteroatoms. The smallest absolute Gasteiger partial charge is 0.0713 e. The number of hydrogen-bond donors (Lipinski definition) is 1. The zero-order valence-electron chi connectivity index (χ0n) is 10.8. The van der Waals surface area contributed by atoms with Crippen molar-refractivity contribution in [2.45, 2.75) is 26.0 Å². The Bertz CT molecular complexity index is 354. The normalized spacial score (nSPS) is 19.9. The molecule has 0 aromatic heterocycles. The summed E-state index contributed by atoms with van der Waals surface area (Å²) in [6, 6.07) is 9.30. The Morgan fingerprint density at radius 2 is 2.35 bits per heavy atom. The number of nitrogens with one attached hydrogen (secondary N) is 1. The van der Waals surface area contributed by atoms with Crippen LogP contribution in [0.1, 0.15) is 18.9 Å². The summed E-state index contributed by atoms with van der Waals surface area (Å²) in [6.45, 7) is 6.18. The summed E-state index contributed by atoms with van der Waals surface area (Å²) in [6.07, 6.45) is 1.24. The van der Waals surface area contributed by atoms with Gasteiger partial charge in [-0.3, -0.25) is 0 Å². The Labute approximate surface area is 104 Å². The van der Waals surface area contributed by atoms with E-state index in [0.717, 1.165) is 19.6 Å². The third kappa shape index (κ3) is 3.20. The first-order chi connectivity index (χ1) is 8.33. The molecule has 1 unspecified atom stereocenters. The summed E-state index contributed by atoms with van der Waals surface area (Å²) >= 11 is 0. The number of nitrogens with zero attached hydrogens (tertiary/aromatic N) is 1. The fourth-order valence-corrected chi connectivity index (χ4v) is 2.46. The molecule has 0 saturated carbocycles. The van der Waals surface area contributed by atoms with Crippen LogP contribution in [-0.2, 0) is 11.3 Å². The fourth-order valence-electron chi connectivity index (χ4n) is 2.46. The first-order valence-electron chi connectivity index (χ1n) is 6.39. The monoisotopic (exact) mass is 234 g/mol. The molecular weight excluding hydrogens is 212 g/mol. The molecule has 1 aliphatic heterocycles. The summed E-state index contributed by atoms with van der Waals surface area (Å²) in [5.41, 5.74) is 2.57. The number of anilines is 1. The van der Waals surface area contributed by atoms with Crippen LogP contribution in [0, 0.1) is 0 Å². The molecule has 0 bridgehead atoms. The summed E-state index contributed by atoms with van der Waals surface area (Å²) in [7, 11) is 1.74. The maximum Gasteiger partial charge on any atom is 0.0713 e. The van der Waals surface area contributed by atoms with Crippen LogP contribution in [0.4, 0.5) is 5.69 Å². The number of hydrogen-bond acceptors (Lipinski definition) is 3.